The van der Waals surface area contributed by atoms with E-state index in [1.807, 2.05) is 0 Å². The van der Waals surface area contributed by atoms with Crippen molar-refractivity contribution in [1.29, 1.82) is 0 Å². The van der Waals surface area contributed by atoms with Crippen LogP contribution in [-0.2, 0) is 19.5 Å². The van der Waals surface area contributed by atoms with Crippen LogP contribution < -0.4 is 5.32 Å². The van der Waals surface area contributed by atoms with Gasteiger partial charge in [-0.05, 0) is 38.4 Å². The second-order valence-corrected chi connectivity index (χ2v) is 5.48. The van der Waals surface area contributed by atoms with Gasteiger partial charge in [0.15, 0.2) is 5.82 Å². The van der Waals surface area contributed by atoms with Crippen molar-refractivity contribution in [3.8, 4) is 0 Å². The molecule has 0 spiro atoms. The summed E-state index contributed by atoms with van der Waals surface area (Å²) in [7, 11) is 0. The third-order valence-electron chi connectivity index (χ3n) is 4.07. The van der Waals surface area contributed by atoms with Crippen molar-refractivity contribution in [2.24, 2.45) is 0 Å². The summed E-state index contributed by atoms with van der Waals surface area (Å²) >= 11 is 0. The van der Waals surface area contributed by atoms with Gasteiger partial charge in [0.2, 0.25) is 0 Å². The average molecular weight is 273 g/mol. The van der Waals surface area contributed by atoms with Gasteiger partial charge in [-0.25, -0.2) is 0 Å². The molecule has 0 bridgehead atoms. The molecule has 3 heterocycles. The van der Waals surface area contributed by atoms with Crippen LogP contribution in [0.15, 0.2) is 18.3 Å². The molecule has 1 N–H and O–H groups in total. The average Bonchev–Trinajstić information content (AvgIpc) is 3.07. The Hall–Kier alpha value is -1.62. The van der Waals surface area contributed by atoms with Gasteiger partial charge in [-0.2, -0.15) is 0 Å². The van der Waals surface area contributed by atoms with Crippen LogP contribution in [0.3, 0.4) is 0 Å². The molecule has 2 aromatic rings. The highest BCUT2D eigenvalue weighted by molar-refractivity contribution is 5.13. The quantitative estimate of drug-likeness (QED) is 0.908. The minimum atomic E-state index is 0.360. The van der Waals surface area contributed by atoms with Crippen LogP contribution in [0.25, 0.3) is 0 Å². The van der Waals surface area contributed by atoms with Crippen molar-refractivity contribution in [1.82, 2.24) is 24.6 Å². The molecule has 0 aromatic carbocycles. The molecule has 0 fully saturated rings. The summed E-state index contributed by atoms with van der Waals surface area (Å²) in [5.74, 6) is 2.24. The fourth-order valence-corrected chi connectivity index (χ4v) is 3.01. The molecule has 0 amide bonds. The molecule has 108 valence electrons. The van der Waals surface area contributed by atoms with Crippen molar-refractivity contribution in [2.75, 3.05) is 6.54 Å². The zero-order valence-electron chi connectivity index (χ0n) is 12.3. The summed E-state index contributed by atoms with van der Waals surface area (Å²) in [5, 5.41) is 12.2. The summed E-state index contributed by atoms with van der Waals surface area (Å²) in [5.41, 5.74) is 1.31. The number of nitrogens with one attached hydrogen (secondary N) is 1. The highest BCUT2D eigenvalue weighted by atomic mass is 15.3. The number of aryl methyl sites for hydroxylation is 1. The first kappa shape index (κ1) is 13.4. The zero-order valence-corrected chi connectivity index (χ0v) is 12.3. The van der Waals surface area contributed by atoms with Gasteiger partial charge in [0, 0.05) is 30.9 Å². The van der Waals surface area contributed by atoms with E-state index in [0.29, 0.717) is 6.04 Å². The number of hydrogen-bond acceptors (Lipinski definition) is 3. The Balaban J connectivity index is 1.81. The monoisotopic (exact) mass is 273 g/mol. The molecular formula is C15H23N5. The van der Waals surface area contributed by atoms with E-state index in [-0.39, 0.29) is 0 Å². The molecule has 0 radical (unpaired) electrons. The molecule has 1 aliphatic rings. The second-order valence-electron chi connectivity index (χ2n) is 5.48. The lowest BCUT2D eigenvalue weighted by Gasteiger charge is -2.18. The van der Waals surface area contributed by atoms with E-state index in [0.717, 1.165) is 37.7 Å². The van der Waals surface area contributed by atoms with Gasteiger partial charge in [0.25, 0.3) is 0 Å². The molecule has 1 atom stereocenters. The Morgan fingerprint density at radius 2 is 2.25 bits per heavy atom. The molecule has 5 heteroatoms. The number of hydrogen-bond donors (Lipinski definition) is 1. The number of fused-ring (bicyclic) bond motifs is 1. The smallest absolute Gasteiger partial charge is 0.153 e. The molecule has 0 saturated carbocycles. The predicted octanol–water partition coefficient (Wildman–Crippen LogP) is 2.13. The van der Waals surface area contributed by atoms with E-state index in [1.165, 1.54) is 18.5 Å². The molecule has 1 unspecified atom stereocenters. The molecule has 2 aromatic heterocycles. The maximum Gasteiger partial charge on any atom is 0.153 e. The first-order valence-corrected chi connectivity index (χ1v) is 7.59. The number of rotatable bonds is 5. The molecule has 1 aliphatic heterocycles. The molecule has 3 rings (SSSR count). The van der Waals surface area contributed by atoms with E-state index in [2.05, 4.69) is 56.8 Å². The molecule has 5 nitrogen and oxygen atoms in total. The van der Waals surface area contributed by atoms with Crippen LogP contribution in [0.5, 0.6) is 0 Å². The third-order valence-corrected chi connectivity index (χ3v) is 4.07. The Morgan fingerprint density at radius 1 is 1.35 bits per heavy atom. The van der Waals surface area contributed by atoms with E-state index in [1.54, 1.807) is 0 Å². The molecular weight excluding hydrogens is 250 g/mol. The topological polar surface area (TPSA) is 47.7 Å². The van der Waals surface area contributed by atoms with Crippen molar-refractivity contribution in [2.45, 2.75) is 52.2 Å². The van der Waals surface area contributed by atoms with Crippen LogP contribution in [0.4, 0.5) is 0 Å². The maximum atomic E-state index is 4.39. The SMILES string of the molecule is CCNC(C)c1cccn1Cc1nnc2n1CCCC2. The highest BCUT2D eigenvalue weighted by Crippen LogP contribution is 2.18. The van der Waals surface area contributed by atoms with Gasteiger partial charge in [0.05, 0.1) is 6.54 Å². The fourth-order valence-electron chi connectivity index (χ4n) is 3.01. The highest BCUT2D eigenvalue weighted by Gasteiger charge is 2.17. The van der Waals surface area contributed by atoms with Gasteiger partial charge in [-0.15, -0.1) is 10.2 Å². The van der Waals surface area contributed by atoms with Gasteiger partial charge in [-0.1, -0.05) is 6.92 Å². The van der Waals surface area contributed by atoms with Crippen LogP contribution in [-0.4, -0.2) is 25.9 Å². The standard InChI is InChI=1S/C15H23N5/c1-3-16-12(2)13-7-6-9-19(13)11-15-18-17-14-8-4-5-10-20(14)15/h6-7,9,12,16H,3-5,8,10-11H2,1-2H3. The fraction of sp³-hybridized carbons (Fsp3) is 0.600. The van der Waals surface area contributed by atoms with Crippen molar-refractivity contribution >= 4 is 0 Å². The molecule has 0 aliphatic carbocycles. The van der Waals surface area contributed by atoms with Crippen molar-refractivity contribution in [3.05, 3.63) is 35.7 Å². The van der Waals surface area contributed by atoms with E-state index < -0.39 is 0 Å². The summed E-state index contributed by atoms with van der Waals surface area (Å²) in [6.45, 7) is 7.20. The Kier molecular flexibility index (Phi) is 3.87. The lowest BCUT2D eigenvalue weighted by Crippen LogP contribution is -2.22. The summed E-state index contributed by atoms with van der Waals surface area (Å²) < 4.78 is 4.57. The van der Waals surface area contributed by atoms with Crippen molar-refractivity contribution in [3.63, 3.8) is 0 Å². The van der Waals surface area contributed by atoms with E-state index in [9.17, 15) is 0 Å². The lowest BCUT2D eigenvalue weighted by atomic mass is 10.1. The largest absolute Gasteiger partial charge is 0.342 e. The van der Waals surface area contributed by atoms with Crippen LogP contribution in [0.1, 0.15) is 50.1 Å². The van der Waals surface area contributed by atoms with E-state index in [4.69, 9.17) is 0 Å². The summed E-state index contributed by atoms with van der Waals surface area (Å²) in [6.07, 6.45) is 5.68. The first-order chi connectivity index (χ1) is 9.79. The second kappa shape index (κ2) is 5.79. The predicted molar refractivity (Wildman–Crippen MR) is 78.6 cm³/mol. The Bertz CT molecular complexity index is 569. The number of nitrogens with zero attached hydrogens (tertiary/aromatic N) is 4. The zero-order chi connectivity index (χ0) is 13.9. The van der Waals surface area contributed by atoms with Crippen molar-refractivity contribution < 1.29 is 0 Å². The summed E-state index contributed by atoms with van der Waals surface area (Å²) in [6, 6.07) is 4.65. The van der Waals surface area contributed by atoms with Gasteiger partial charge >= 0.3 is 0 Å². The van der Waals surface area contributed by atoms with Gasteiger partial charge < -0.3 is 14.5 Å². The third kappa shape index (κ3) is 2.50. The Morgan fingerprint density at radius 3 is 3.10 bits per heavy atom. The maximum absolute atomic E-state index is 4.39. The minimum Gasteiger partial charge on any atom is -0.342 e. The van der Waals surface area contributed by atoms with Crippen LogP contribution in [0, 0.1) is 0 Å². The normalized spacial score (nSPS) is 16.1. The van der Waals surface area contributed by atoms with E-state index >= 15 is 0 Å². The van der Waals surface area contributed by atoms with Crippen LogP contribution >= 0.6 is 0 Å². The first-order valence-electron chi connectivity index (χ1n) is 7.59. The molecule has 0 saturated heterocycles. The molecule has 20 heavy (non-hydrogen) atoms. The van der Waals surface area contributed by atoms with Crippen LogP contribution in [0.2, 0.25) is 0 Å². The lowest BCUT2D eigenvalue weighted by molar-refractivity contribution is 0.494. The minimum absolute atomic E-state index is 0.360. The Labute approximate surface area is 120 Å². The number of aromatic nitrogens is 4. The van der Waals surface area contributed by atoms with Gasteiger partial charge in [-0.3, -0.25) is 0 Å². The van der Waals surface area contributed by atoms with Gasteiger partial charge in [0.1, 0.15) is 5.82 Å². The summed E-state index contributed by atoms with van der Waals surface area (Å²) in [4.78, 5) is 0.